The second-order valence-electron chi connectivity index (χ2n) is 4.63. The zero-order valence-electron chi connectivity index (χ0n) is 10.5. The molecule has 1 atom stereocenters. The van der Waals surface area contributed by atoms with Crippen molar-refractivity contribution in [3.63, 3.8) is 0 Å². The van der Waals surface area contributed by atoms with E-state index in [2.05, 4.69) is 29.3 Å². The van der Waals surface area contributed by atoms with Gasteiger partial charge >= 0.3 is 0 Å². The van der Waals surface area contributed by atoms with Crippen LogP contribution >= 0.6 is 0 Å². The molecule has 1 N–H and O–H groups in total. The lowest BCUT2D eigenvalue weighted by Crippen LogP contribution is -2.37. The molecule has 0 radical (unpaired) electrons. The monoisotopic (exact) mass is 229 g/mol. The van der Waals surface area contributed by atoms with Crippen LogP contribution in [0.25, 0.3) is 0 Å². The molecule has 1 aliphatic rings. The number of anilines is 2. The summed E-state index contributed by atoms with van der Waals surface area (Å²) in [5.41, 5.74) is 2.85. The highest BCUT2D eigenvalue weighted by molar-refractivity contribution is 5.65. The molecule has 0 aliphatic carbocycles. The minimum absolute atomic E-state index is 0.538. The van der Waals surface area contributed by atoms with Gasteiger partial charge in [0.05, 0.1) is 11.3 Å². The number of nitriles is 1. The second-order valence-corrected chi connectivity index (χ2v) is 4.63. The smallest absolute Gasteiger partial charge is 0.101 e. The van der Waals surface area contributed by atoms with Crippen molar-refractivity contribution in [1.29, 1.82) is 5.26 Å². The molecule has 1 heterocycles. The molecule has 0 bridgehead atoms. The largest absolute Gasteiger partial charge is 0.388 e. The van der Waals surface area contributed by atoms with Crippen molar-refractivity contribution >= 4 is 11.4 Å². The maximum Gasteiger partial charge on any atom is 0.101 e. The fourth-order valence-corrected chi connectivity index (χ4v) is 2.49. The van der Waals surface area contributed by atoms with Crippen molar-refractivity contribution in [2.75, 3.05) is 23.8 Å². The van der Waals surface area contributed by atoms with Gasteiger partial charge < -0.3 is 10.2 Å². The summed E-state index contributed by atoms with van der Waals surface area (Å²) >= 11 is 0. The predicted molar refractivity (Wildman–Crippen MR) is 71.4 cm³/mol. The fourth-order valence-electron chi connectivity index (χ4n) is 2.49. The van der Waals surface area contributed by atoms with Gasteiger partial charge in [-0.05, 0) is 44.4 Å². The van der Waals surface area contributed by atoms with E-state index in [1.54, 1.807) is 0 Å². The van der Waals surface area contributed by atoms with Crippen LogP contribution < -0.4 is 10.2 Å². The fraction of sp³-hybridized carbons (Fsp3) is 0.500. The first kappa shape index (κ1) is 11.8. The van der Waals surface area contributed by atoms with Gasteiger partial charge in [0, 0.05) is 25.3 Å². The van der Waals surface area contributed by atoms with Crippen molar-refractivity contribution in [2.24, 2.45) is 0 Å². The average molecular weight is 229 g/mol. The Morgan fingerprint density at radius 1 is 1.41 bits per heavy atom. The summed E-state index contributed by atoms with van der Waals surface area (Å²) in [6.07, 6.45) is 3.75. The van der Waals surface area contributed by atoms with Crippen molar-refractivity contribution in [3.05, 3.63) is 23.8 Å². The Morgan fingerprint density at radius 2 is 2.24 bits per heavy atom. The Balaban J connectivity index is 2.34. The third-order valence-electron chi connectivity index (χ3n) is 3.52. The molecule has 0 spiro atoms. The lowest BCUT2D eigenvalue weighted by Gasteiger charge is -2.36. The molecule has 1 aromatic rings. The Morgan fingerprint density at radius 3 is 2.88 bits per heavy atom. The number of nitrogens with one attached hydrogen (secondary N) is 1. The topological polar surface area (TPSA) is 39.1 Å². The van der Waals surface area contributed by atoms with Gasteiger partial charge in [0.15, 0.2) is 0 Å². The van der Waals surface area contributed by atoms with Crippen LogP contribution in [0.3, 0.4) is 0 Å². The SMILES string of the molecule is CNc1ccc(N2CCCCC2C)c(C#N)c1. The van der Waals surface area contributed by atoms with Gasteiger partial charge in [0.1, 0.15) is 6.07 Å². The van der Waals surface area contributed by atoms with Gasteiger partial charge in [-0.2, -0.15) is 5.26 Å². The quantitative estimate of drug-likeness (QED) is 0.847. The van der Waals surface area contributed by atoms with Crippen LogP contribution in [0.2, 0.25) is 0 Å². The third kappa shape index (κ3) is 2.36. The summed E-state index contributed by atoms with van der Waals surface area (Å²) in [5, 5.41) is 12.3. The number of hydrogen-bond donors (Lipinski definition) is 1. The molecule has 0 saturated carbocycles. The van der Waals surface area contributed by atoms with E-state index in [1.807, 2.05) is 19.2 Å². The van der Waals surface area contributed by atoms with E-state index in [1.165, 1.54) is 19.3 Å². The Hall–Kier alpha value is -1.69. The highest BCUT2D eigenvalue weighted by atomic mass is 15.2. The minimum atomic E-state index is 0.538. The van der Waals surface area contributed by atoms with Crippen molar-refractivity contribution in [1.82, 2.24) is 0 Å². The molecule has 1 saturated heterocycles. The van der Waals surface area contributed by atoms with Crippen molar-refractivity contribution in [2.45, 2.75) is 32.2 Å². The summed E-state index contributed by atoms with van der Waals surface area (Å²) in [6, 6.07) is 8.87. The van der Waals surface area contributed by atoms with Gasteiger partial charge in [0.2, 0.25) is 0 Å². The number of piperidine rings is 1. The van der Waals surface area contributed by atoms with Gasteiger partial charge in [0.25, 0.3) is 0 Å². The number of hydrogen-bond acceptors (Lipinski definition) is 3. The zero-order valence-corrected chi connectivity index (χ0v) is 10.5. The van der Waals surface area contributed by atoms with Crippen LogP contribution in [0.4, 0.5) is 11.4 Å². The summed E-state index contributed by atoms with van der Waals surface area (Å²) in [6.45, 7) is 3.31. The summed E-state index contributed by atoms with van der Waals surface area (Å²) in [5.74, 6) is 0. The van der Waals surface area contributed by atoms with Crippen LogP contribution in [0, 0.1) is 11.3 Å². The van der Waals surface area contributed by atoms with Crippen LogP contribution in [-0.4, -0.2) is 19.6 Å². The van der Waals surface area contributed by atoms with Gasteiger partial charge in [-0.25, -0.2) is 0 Å². The highest BCUT2D eigenvalue weighted by Crippen LogP contribution is 2.29. The second kappa shape index (κ2) is 5.09. The van der Waals surface area contributed by atoms with E-state index < -0.39 is 0 Å². The molecular weight excluding hydrogens is 210 g/mol. The molecule has 1 unspecified atom stereocenters. The maximum absolute atomic E-state index is 9.25. The van der Waals surface area contributed by atoms with Gasteiger partial charge in [-0.1, -0.05) is 0 Å². The normalized spacial score (nSPS) is 19.8. The first-order valence-electron chi connectivity index (χ1n) is 6.25. The molecule has 1 aliphatic heterocycles. The number of nitrogens with zero attached hydrogens (tertiary/aromatic N) is 2. The van der Waals surface area contributed by atoms with Gasteiger partial charge in [-0.3, -0.25) is 0 Å². The van der Waals surface area contributed by atoms with Crippen LogP contribution in [0.1, 0.15) is 31.7 Å². The predicted octanol–water partition coefficient (Wildman–Crippen LogP) is 2.98. The lowest BCUT2D eigenvalue weighted by atomic mass is 10.0. The molecule has 0 aromatic heterocycles. The number of rotatable bonds is 2. The zero-order chi connectivity index (χ0) is 12.3. The molecule has 90 valence electrons. The van der Waals surface area contributed by atoms with E-state index in [9.17, 15) is 5.26 Å². The Kier molecular flexibility index (Phi) is 3.53. The first-order chi connectivity index (χ1) is 8.26. The number of benzene rings is 1. The summed E-state index contributed by atoms with van der Waals surface area (Å²) < 4.78 is 0. The Bertz CT molecular complexity index is 434. The van der Waals surface area contributed by atoms with E-state index in [0.717, 1.165) is 23.5 Å². The summed E-state index contributed by atoms with van der Waals surface area (Å²) in [7, 11) is 1.87. The lowest BCUT2D eigenvalue weighted by molar-refractivity contribution is 0.484. The molecule has 0 amide bonds. The maximum atomic E-state index is 9.25. The molecule has 2 rings (SSSR count). The average Bonchev–Trinajstić information content (AvgIpc) is 2.38. The molecule has 17 heavy (non-hydrogen) atoms. The van der Waals surface area contributed by atoms with E-state index in [0.29, 0.717) is 6.04 Å². The van der Waals surface area contributed by atoms with Crippen LogP contribution in [0.15, 0.2) is 18.2 Å². The molecule has 1 fully saturated rings. The molecule has 1 aromatic carbocycles. The van der Waals surface area contributed by atoms with E-state index in [4.69, 9.17) is 0 Å². The first-order valence-corrected chi connectivity index (χ1v) is 6.25. The minimum Gasteiger partial charge on any atom is -0.388 e. The molecule has 3 nitrogen and oxygen atoms in total. The molecule has 3 heteroatoms. The van der Waals surface area contributed by atoms with E-state index >= 15 is 0 Å². The van der Waals surface area contributed by atoms with E-state index in [-0.39, 0.29) is 0 Å². The van der Waals surface area contributed by atoms with Crippen molar-refractivity contribution < 1.29 is 0 Å². The summed E-state index contributed by atoms with van der Waals surface area (Å²) in [4.78, 5) is 2.36. The van der Waals surface area contributed by atoms with Crippen LogP contribution in [0.5, 0.6) is 0 Å². The van der Waals surface area contributed by atoms with Crippen molar-refractivity contribution in [3.8, 4) is 6.07 Å². The Labute approximate surface area is 103 Å². The standard InChI is InChI=1S/C14H19N3/c1-11-5-3-4-8-17(11)14-7-6-13(16-2)9-12(14)10-15/h6-7,9,11,16H,3-5,8H2,1-2H3. The molecular formula is C14H19N3. The highest BCUT2D eigenvalue weighted by Gasteiger charge is 2.20. The third-order valence-corrected chi connectivity index (χ3v) is 3.52. The van der Waals surface area contributed by atoms with Gasteiger partial charge in [-0.15, -0.1) is 0 Å². The van der Waals surface area contributed by atoms with Crippen LogP contribution in [-0.2, 0) is 0 Å².